The van der Waals surface area contributed by atoms with Gasteiger partial charge in [-0.25, -0.2) is 0 Å². The van der Waals surface area contributed by atoms with Gasteiger partial charge in [-0.15, -0.1) is 0 Å². The summed E-state index contributed by atoms with van der Waals surface area (Å²) < 4.78 is 0. The summed E-state index contributed by atoms with van der Waals surface area (Å²) in [6.45, 7) is 0.0235. The van der Waals surface area contributed by atoms with Gasteiger partial charge in [-0.3, -0.25) is 9.59 Å². The summed E-state index contributed by atoms with van der Waals surface area (Å²) in [6.07, 6.45) is 0. The number of aliphatic carboxylic acids is 2. The van der Waals surface area contributed by atoms with Crippen LogP contribution in [0.3, 0.4) is 0 Å². The molecule has 5 heteroatoms. The molecule has 0 unspecified atom stereocenters. The van der Waals surface area contributed by atoms with E-state index in [1.54, 1.807) is 0 Å². The van der Waals surface area contributed by atoms with Crippen LogP contribution in [-0.2, 0) is 9.59 Å². The molecule has 6 saturated carbocycles. The third-order valence-corrected chi connectivity index (χ3v) is 6.55. The lowest BCUT2D eigenvalue weighted by molar-refractivity contribution is -0.611. The van der Waals surface area contributed by atoms with Gasteiger partial charge in [0.2, 0.25) is 0 Å². The molecule has 0 aromatic carbocycles. The van der Waals surface area contributed by atoms with E-state index in [0.717, 1.165) is 0 Å². The monoisotopic (exact) mass is 221 g/mol. The smallest absolute Gasteiger partial charge is 0.317 e. The van der Waals surface area contributed by atoms with Gasteiger partial charge in [-0.1, -0.05) is 0 Å². The molecule has 3 N–H and O–H groups in total. The Bertz CT molecular complexity index is 431. The summed E-state index contributed by atoms with van der Waals surface area (Å²) in [5, 5.41) is 21.1. The molecule has 0 radical (unpaired) electrons. The molecule has 0 saturated heterocycles. The summed E-state index contributed by atoms with van der Waals surface area (Å²) >= 11 is 0. The average molecular weight is 221 g/mol. The first kappa shape index (κ1) is 8.06. The molecule has 6 aliphatic rings. The molecule has 0 amide bonds. The quantitative estimate of drug-likeness (QED) is 0.580. The molecule has 0 heterocycles. The Morgan fingerprint density at radius 3 is 1.88 bits per heavy atom. The fourth-order valence-electron chi connectivity index (χ4n) is 6.54. The van der Waals surface area contributed by atoms with Crippen molar-refractivity contribution in [1.29, 1.82) is 0 Å². The largest absolute Gasteiger partial charge is 0.481 e. The van der Waals surface area contributed by atoms with Crippen LogP contribution in [0, 0.1) is 40.9 Å². The Labute approximate surface area is 90.8 Å². The van der Waals surface area contributed by atoms with Gasteiger partial charge in [0.05, 0.1) is 12.0 Å². The fraction of sp³-hybridized carbons (Fsp3) is 0.818. The van der Waals surface area contributed by atoms with E-state index in [1.807, 2.05) is 0 Å². The second-order valence-corrected chi connectivity index (χ2v) is 6.07. The number of carboxylic acids is 2. The molecular formula is C11H11NO4. The van der Waals surface area contributed by atoms with Gasteiger partial charge in [-0.2, -0.15) is 0 Å². The fourth-order valence-corrected chi connectivity index (χ4v) is 6.54. The van der Waals surface area contributed by atoms with Crippen LogP contribution >= 0.6 is 0 Å². The third kappa shape index (κ3) is 0.363. The van der Waals surface area contributed by atoms with E-state index in [-0.39, 0.29) is 17.5 Å². The van der Waals surface area contributed by atoms with Crippen molar-refractivity contribution < 1.29 is 19.8 Å². The van der Waals surface area contributed by atoms with Crippen molar-refractivity contribution in [3.8, 4) is 0 Å². The maximum absolute atomic E-state index is 11.2. The van der Waals surface area contributed by atoms with E-state index in [2.05, 4.69) is 5.32 Å². The molecule has 0 aromatic rings. The molecule has 5 nitrogen and oxygen atoms in total. The van der Waals surface area contributed by atoms with Crippen LogP contribution in [0.15, 0.2) is 0 Å². The third-order valence-electron chi connectivity index (χ3n) is 6.55. The Morgan fingerprint density at radius 2 is 1.50 bits per heavy atom. The highest BCUT2D eigenvalue weighted by Crippen LogP contribution is 3.06. The van der Waals surface area contributed by atoms with Crippen LogP contribution in [0.4, 0.5) is 0 Å². The lowest BCUT2D eigenvalue weighted by Crippen LogP contribution is -3.16. The van der Waals surface area contributed by atoms with Crippen molar-refractivity contribution in [3.63, 3.8) is 0 Å². The topological polar surface area (TPSA) is 86.6 Å². The van der Waals surface area contributed by atoms with E-state index in [4.69, 9.17) is 5.11 Å². The van der Waals surface area contributed by atoms with Gasteiger partial charge in [0.1, 0.15) is 0 Å². The van der Waals surface area contributed by atoms with Crippen LogP contribution in [0.1, 0.15) is 0 Å². The van der Waals surface area contributed by atoms with Crippen LogP contribution in [0.2, 0.25) is 0 Å². The number of rotatable bonds is 4. The second kappa shape index (κ2) is 1.70. The van der Waals surface area contributed by atoms with Crippen molar-refractivity contribution in [3.05, 3.63) is 0 Å². The van der Waals surface area contributed by atoms with Crippen LogP contribution in [0.5, 0.6) is 0 Å². The van der Waals surface area contributed by atoms with E-state index in [1.165, 1.54) is 0 Å². The Morgan fingerprint density at radius 1 is 1.00 bits per heavy atom. The van der Waals surface area contributed by atoms with E-state index in [9.17, 15) is 14.7 Å². The SMILES string of the molecule is O=C(O)CNC12C3C4C1C1C2C3C41C(=O)O. The number of hydrogen-bond acceptors (Lipinski definition) is 3. The van der Waals surface area contributed by atoms with Crippen molar-refractivity contribution in [2.24, 2.45) is 40.9 Å². The molecule has 0 aliphatic heterocycles. The Balaban J connectivity index is 1.44. The van der Waals surface area contributed by atoms with Crippen LogP contribution in [-0.4, -0.2) is 34.2 Å². The zero-order chi connectivity index (χ0) is 11.0. The van der Waals surface area contributed by atoms with E-state index in [0.29, 0.717) is 35.5 Å². The van der Waals surface area contributed by atoms with Gasteiger partial charge in [0.15, 0.2) is 0 Å². The van der Waals surface area contributed by atoms with Crippen molar-refractivity contribution in [2.75, 3.05) is 6.54 Å². The minimum Gasteiger partial charge on any atom is -0.481 e. The standard InChI is InChI=1S/C11H11NO4/c13-2(14)1-12-11-6-3-7(11)5-8(11)4(6)10(3,5)9(15)16/h3-8,12H,1H2,(H,13,14)(H,15,16). The zero-order valence-corrected chi connectivity index (χ0v) is 8.38. The molecule has 6 rings (SSSR count). The lowest BCUT2D eigenvalue weighted by atomic mass is 8.94. The highest BCUT2D eigenvalue weighted by atomic mass is 16.4. The molecular weight excluding hydrogens is 210 g/mol. The molecule has 6 fully saturated rings. The lowest BCUT2D eigenvalue weighted by Gasteiger charge is -3.10. The second-order valence-electron chi connectivity index (χ2n) is 6.07. The van der Waals surface area contributed by atoms with Gasteiger partial charge in [-0.05, 0) is 35.5 Å². The number of carbonyl (C=O) groups is 2. The summed E-state index contributed by atoms with van der Waals surface area (Å²) in [5.74, 6) is 1.20. The Kier molecular flexibility index (Phi) is 0.856. The molecule has 0 bridgehead atoms. The molecule has 0 atom stereocenters. The minimum atomic E-state index is -0.818. The molecule has 0 spiro atoms. The van der Waals surface area contributed by atoms with Crippen molar-refractivity contribution >= 4 is 11.9 Å². The number of carboxylic acid groups (broad SMARTS) is 2. The van der Waals surface area contributed by atoms with E-state index >= 15 is 0 Å². The molecule has 6 aliphatic carbocycles. The van der Waals surface area contributed by atoms with Gasteiger partial charge in [0.25, 0.3) is 0 Å². The van der Waals surface area contributed by atoms with Crippen molar-refractivity contribution in [2.45, 2.75) is 5.54 Å². The molecule has 16 heavy (non-hydrogen) atoms. The zero-order valence-electron chi connectivity index (χ0n) is 8.38. The van der Waals surface area contributed by atoms with E-state index < -0.39 is 11.9 Å². The highest BCUT2D eigenvalue weighted by molar-refractivity contribution is 5.88. The highest BCUT2D eigenvalue weighted by Gasteiger charge is 3.11. The first-order valence-electron chi connectivity index (χ1n) is 5.79. The maximum atomic E-state index is 11.2. The normalized spacial score (nSPS) is 68.8. The average Bonchev–Trinajstić information content (AvgIpc) is 2.25. The molecule has 0 aromatic heterocycles. The van der Waals surface area contributed by atoms with Gasteiger partial charge >= 0.3 is 11.9 Å². The Hall–Kier alpha value is -1.10. The van der Waals surface area contributed by atoms with Crippen molar-refractivity contribution in [1.82, 2.24) is 5.32 Å². The number of hydrogen-bond donors (Lipinski definition) is 3. The number of nitrogens with one attached hydrogen (secondary N) is 1. The minimum absolute atomic E-state index is 0.0235. The first-order chi connectivity index (χ1) is 7.59. The molecule has 84 valence electrons. The summed E-state index contributed by atoms with van der Waals surface area (Å²) in [7, 11) is 0. The van der Waals surface area contributed by atoms with Crippen LogP contribution < -0.4 is 5.32 Å². The first-order valence-corrected chi connectivity index (χ1v) is 5.79. The summed E-state index contributed by atoms with van der Waals surface area (Å²) in [5.41, 5.74) is -0.276. The summed E-state index contributed by atoms with van der Waals surface area (Å²) in [4.78, 5) is 21.8. The van der Waals surface area contributed by atoms with Gasteiger partial charge < -0.3 is 15.5 Å². The predicted octanol–water partition coefficient (Wildman–Crippen LogP) is -0.764. The maximum Gasteiger partial charge on any atom is 0.317 e. The van der Waals surface area contributed by atoms with Crippen LogP contribution in [0.25, 0.3) is 0 Å². The predicted molar refractivity (Wildman–Crippen MR) is 49.4 cm³/mol. The summed E-state index contributed by atoms with van der Waals surface area (Å²) in [6, 6.07) is 0. The van der Waals surface area contributed by atoms with Gasteiger partial charge in [0, 0.05) is 5.54 Å².